The van der Waals surface area contributed by atoms with Crippen LogP contribution in [-0.2, 0) is 24.7 Å². The minimum absolute atomic E-state index is 0.0929. The van der Waals surface area contributed by atoms with Gasteiger partial charge in [0.2, 0.25) is 5.91 Å². The van der Waals surface area contributed by atoms with Crippen LogP contribution in [0.25, 0.3) is 0 Å². The van der Waals surface area contributed by atoms with Crippen molar-refractivity contribution >= 4 is 50.0 Å². The zero-order valence-electron chi connectivity index (χ0n) is 18.2. The van der Waals surface area contributed by atoms with Crippen molar-refractivity contribution in [2.24, 2.45) is 16.8 Å². The van der Waals surface area contributed by atoms with Crippen molar-refractivity contribution in [3.05, 3.63) is 40.7 Å². The van der Waals surface area contributed by atoms with Crippen molar-refractivity contribution in [3.63, 3.8) is 0 Å². The van der Waals surface area contributed by atoms with E-state index >= 15 is 0 Å². The number of Topliss-reactive ketones (excluding diaryl/α,β-unsaturated/α-hetero) is 1. The van der Waals surface area contributed by atoms with Crippen molar-refractivity contribution < 1.29 is 36.5 Å². The van der Waals surface area contributed by atoms with Crippen molar-refractivity contribution in [3.8, 4) is 5.75 Å². The number of β-lactam (4-membered cyclic amide) rings is 1. The molecule has 1 aliphatic heterocycles. The Bertz CT molecular complexity index is 1300. The topological polar surface area (TPSA) is 211 Å². The summed E-state index contributed by atoms with van der Waals surface area (Å²) in [5.74, 6) is -3.70. The minimum atomic E-state index is -4.72. The molecule has 188 valence electrons. The predicted molar refractivity (Wildman–Crippen MR) is 123 cm³/mol. The molecule has 3 rings (SSSR count). The maximum absolute atomic E-state index is 14.0. The molecule has 2 heterocycles. The molecule has 2 atom stereocenters. The highest BCUT2D eigenvalue weighted by atomic mass is 32.2. The second-order valence-electron chi connectivity index (χ2n) is 7.34. The highest BCUT2D eigenvalue weighted by molar-refractivity contribution is 7.84. The molecule has 0 unspecified atom stereocenters. The lowest BCUT2D eigenvalue weighted by Crippen LogP contribution is -2.62. The molecular weight excluding hydrogens is 507 g/mol. The van der Waals surface area contributed by atoms with Crippen LogP contribution in [0, 0.1) is 17.1 Å². The standard InChI is InChI=1S/C19H21FN6O7S2/c1-9-11(18(28)26(9)35(29,30)31)7-14(27)16(13-8-34-19(23)24-13)25-33-5-4-32-15-3-2-10(17(21)22)6-12(15)20/h2-3,6,8-9,11H,4-5,7H2,1H3,(H3,21,22)(H2,23,24)(H,29,30,31)/b25-16-/t9-,11-/m0/s1. The molecule has 0 aliphatic carbocycles. The molecule has 0 saturated carbocycles. The highest BCUT2D eigenvalue weighted by Gasteiger charge is 2.51. The molecule has 13 nitrogen and oxygen atoms in total. The number of ether oxygens (including phenoxy) is 1. The van der Waals surface area contributed by atoms with Crippen LogP contribution in [0.5, 0.6) is 5.75 Å². The van der Waals surface area contributed by atoms with Gasteiger partial charge in [0.25, 0.3) is 0 Å². The number of amides is 1. The molecule has 0 bridgehead atoms. The van der Waals surface area contributed by atoms with Gasteiger partial charge in [-0.05, 0) is 25.1 Å². The summed E-state index contributed by atoms with van der Waals surface area (Å²) in [4.78, 5) is 34.0. The lowest BCUT2D eigenvalue weighted by atomic mass is 9.86. The first-order chi connectivity index (χ1) is 16.4. The van der Waals surface area contributed by atoms with E-state index in [0.717, 1.165) is 17.4 Å². The van der Waals surface area contributed by atoms with E-state index in [0.29, 0.717) is 4.31 Å². The second-order valence-corrected chi connectivity index (χ2v) is 9.52. The van der Waals surface area contributed by atoms with Crippen LogP contribution in [0.15, 0.2) is 28.7 Å². The smallest absolute Gasteiger partial charge is 0.362 e. The number of rotatable bonds is 11. The van der Waals surface area contributed by atoms with Crippen LogP contribution in [0.2, 0.25) is 0 Å². The van der Waals surface area contributed by atoms with Gasteiger partial charge in [-0.1, -0.05) is 5.16 Å². The van der Waals surface area contributed by atoms with Crippen molar-refractivity contribution in [2.75, 3.05) is 18.9 Å². The number of hydrogen-bond acceptors (Lipinski definition) is 11. The average Bonchev–Trinajstić information content (AvgIpc) is 3.20. The number of ketones is 1. The maximum Gasteiger partial charge on any atom is 0.362 e. The largest absolute Gasteiger partial charge is 0.487 e. The maximum atomic E-state index is 14.0. The lowest BCUT2D eigenvalue weighted by molar-refractivity contribution is -0.147. The third-order valence-corrected chi connectivity index (χ3v) is 6.68. The molecule has 2 aromatic rings. The Morgan fingerprint density at radius 3 is 2.66 bits per heavy atom. The Morgan fingerprint density at radius 2 is 2.11 bits per heavy atom. The van der Waals surface area contributed by atoms with Gasteiger partial charge in [0, 0.05) is 17.4 Å². The molecule has 0 radical (unpaired) electrons. The molecule has 0 spiro atoms. The summed E-state index contributed by atoms with van der Waals surface area (Å²) in [6.07, 6.45) is -0.407. The van der Waals surface area contributed by atoms with Gasteiger partial charge in [0.15, 0.2) is 34.8 Å². The van der Waals surface area contributed by atoms with E-state index in [1.165, 1.54) is 24.4 Å². The first-order valence-electron chi connectivity index (χ1n) is 9.92. The summed E-state index contributed by atoms with van der Waals surface area (Å²) in [6, 6.07) is 2.83. The number of oxime groups is 1. The van der Waals surface area contributed by atoms with Crippen molar-refractivity contribution in [1.29, 1.82) is 5.41 Å². The van der Waals surface area contributed by atoms with Gasteiger partial charge < -0.3 is 21.0 Å². The van der Waals surface area contributed by atoms with Crippen LogP contribution >= 0.6 is 11.3 Å². The van der Waals surface area contributed by atoms with E-state index in [2.05, 4.69) is 10.1 Å². The van der Waals surface area contributed by atoms with Gasteiger partial charge in [-0.3, -0.25) is 19.6 Å². The fraction of sp³-hybridized carbons (Fsp3) is 0.316. The molecule has 1 aromatic carbocycles. The monoisotopic (exact) mass is 528 g/mol. The highest BCUT2D eigenvalue weighted by Crippen LogP contribution is 2.32. The molecule has 16 heteroatoms. The molecule has 35 heavy (non-hydrogen) atoms. The number of carbonyl (C=O) groups excluding carboxylic acids is 2. The van der Waals surface area contributed by atoms with Crippen LogP contribution < -0.4 is 16.2 Å². The van der Waals surface area contributed by atoms with Crippen LogP contribution in [0.3, 0.4) is 0 Å². The molecule has 1 aliphatic rings. The summed E-state index contributed by atoms with van der Waals surface area (Å²) in [6.45, 7) is 1.03. The van der Waals surface area contributed by atoms with Gasteiger partial charge in [-0.2, -0.15) is 8.42 Å². The minimum Gasteiger partial charge on any atom is -0.487 e. The Kier molecular flexibility index (Phi) is 7.67. The number of aromatic nitrogens is 1. The zero-order chi connectivity index (χ0) is 25.9. The number of nitrogens with zero attached hydrogens (tertiary/aromatic N) is 3. The summed E-state index contributed by atoms with van der Waals surface area (Å²) in [5, 5.41) is 12.7. The summed E-state index contributed by atoms with van der Waals surface area (Å²) in [7, 11) is -4.72. The van der Waals surface area contributed by atoms with E-state index in [1.807, 2.05) is 0 Å². The molecule has 1 saturated heterocycles. The number of nitrogens with one attached hydrogen (secondary N) is 1. The Hall–Kier alpha value is -3.63. The van der Waals surface area contributed by atoms with E-state index in [1.54, 1.807) is 0 Å². The number of amidine groups is 1. The fourth-order valence-corrected chi connectivity index (χ4v) is 4.73. The molecular formula is C19H21FN6O7S2. The number of benzene rings is 1. The molecule has 1 aromatic heterocycles. The van der Waals surface area contributed by atoms with E-state index in [-0.39, 0.29) is 46.9 Å². The van der Waals surface area contributed by atoms with Gasteiger partial charge >= 0.3 is 10.3 Å². The zero-order valence-corrected chi connectivity index (χ0v) is 19.8. The number of nitrogen functional groups attached to an aromatic ring is 2. The Labute approximate surface area is 202 Å². The van der Waals surface area contributed by atoms with E-state index < -0.39 is 46.2 Å². The number of nitrogens with two attached hydrogens (primary N) is 2. The Balaban J connectivity index is 1.64. The first-order valence-corrected chi connectivity index (χ1v) is 12.2. The summed E-state index contributed by atoms with van der Waals surface area (Å²) < 4.78 is 51.2. The third-order valence-electron chi connectivity index (χ3n) is 5.00. The quantitative estimate of drug-likeness (QED) is 0.0794. The first kappa shape index (κ1) is 26.0. The summed E-state index contributed by atoms with van der Waals surface area (Å²) in [5.41, 5.74) is 11.0. The van der Waals surface area contributed by atoms with Gasteiger partial charge in [-0.15, -0.1) is 11.3 Å². The second kappa shape index (κ2) is 10.3. The normalized spacial score (nSPS) is 18.2. The van der Waals surface area contributed by atoms with Gasteiger partial charge in [0.05, 0.1) is 12.0 Å². The Morgan fingerprint density at radius 1 is 1.40 bits per heavy atom. The molecule has 6 N–H and O–H groups in total. The van der Waals surface area contributed by atoms with Crippen molar-refractivity contribution in [2.45, 2.75) is 19.4 Å². The fourth-order valence-electron chi connectivity index (χ4n) is 3.25. The number of hydrogen-bond donors (Lipinski definition) is 4. The van der Waals surface area contributed by atoms with E-state index in [9.17, 15) is 22.4 Å². The third kappa shape index (κ3) is 5.90. The number of thiazole rings is 1. The van der Waals surface area contributed by atoms with Gasteiger partial charge in [0.1, 0.15) is 18.1 Å². The van der Waals surface area contributed by atoms with Crippen LogP contribution in [0.4, 0.5) is 9.52 Å². The molecule has 1 amide bonds. The van der Waals surface area contributed by atoms with Crippen molar-refractivity contribution in [1.82, 2.24) is 9.29 Å². The predicted octanol–water partition coefficient (Wildman–Crippen LogP) is 0.557. The van der Waals surface area contributed by atoms with Crippen LogP contribution in [0.1, 0.15) is 24.6 Å². The average molecular weight is 529 g/mol. The SMILES string of the molecule is C[C@H]1[C@H](CC(=O)/C(=N\OCCOc2ccc(C(=N)N)cc2F)c2csc(N)n2)C(=O)N1S(=O)(=O)O. The number of halogens is 1. The van der Waals surface area contributed by atoms with E-state index in [4.69, 9.17) is 31.0 Å². The lowest BCUT2D eigenvalue weighted by Gasteiger charge is -2.41. The number of carbonyl (C=O) groups is 2. The summed E-state index contributed by atoms with van der Waals surface area (Å²) >= 11 is 1.04. The number of anilines is 1. The van der Waals surface area contributed by atoms with Gasteiger partial charge in [-0.25, -0.2) is 13.7 Å². The molecule has 1 fully saturated rings. The van der Waals surface area contributed by atoms with Crippen LogP contribution in [-0.4, -0.2) is 64.8 Å².